The SMILES string of the molecule is CON=C(C(=O)N[C@@H]1C(=O)N2C(C(=O)OC=O)=C(C[n+]3ccc4ccn(Cc5cc(C(=N)N)cs5)c4c3)CS[C@H]12)c1nc(N)sc1Cl. The van der Waals surface area contributed by atoms with Gasteiger partial charge in [-0.1, -0.05) is 28.1 Å². The van der Waals surface area contributed by atoms with Crippen molar-refractivity contribution < 1.29 is 33.3 Å². The van der Waals surface area contributed by atoms with Gasteiger partial charge in [-0.2, -0.15) is 4.57 Å². The second-order valence-corrected chi connectivity index (χ2v) is 14.0. The first kappa shape index (κ1) is 32.2. The van der Waals surface area contributed by atoms with Gasteiger partial charge < -0.3 is 30.9 Å². The molecule has 0 saturated carbocycles. The smallest absolute Gasteiger partial charge is 0.362 e. The molecular formula is C28H25ClN9O6S3+. The Morgan fingerprint density at radius 1 is 1.36 bits per heavy atom. The number of aromatic nitrogens is 3. The van der Waals surface area contributed by atoms with E-state index in [2.05, 4.69) is 20.0 Å². The fourth-order valence-corrected chi connectivity index (χ4v) is 8.39. The van der Waals surface area contributed by atoms with Gasteiger partial charge in [0.2, 0.25) is 0 Å². The largest absolute Gasteiger partial charge is 0.398 e. The summed E-state index contributed by atoms with van der Waals surface area (Å²) in [6, 6.07) is 4.78. The first-order valence-corrected chi connectivity index (χ1v) is 16.8. The Balaban J connectivity index is 1.24. The lowest BCUT2D eigenvalue weighted by Gasteiger charge is -2.49. The second kappa shape index (κ2) is 13.1. The van der Waals surface area contributed by atoms with Crippen LogP contribution in [0.3, 0.4) is 0 Å². The standard InChI is InChI=1S/C28H24ClN9O6S3/c1-43-35-19(18-22(29)47-28(32)34-18)24(40)33-20-25(41)38-21(27(42)44-12-39)15(11-46-26(20)38)7-36-4-2-13-3-5-37(17(13)9-36)8-16-6-14(10-45-16)23(30)31/h2-6,9-10,12,20,26H,7-8,11H2,1H3,(H5-,30,31,32,33,34,40)/p+1/t20-,26-/m1/s1. The number of rotatable bonds is 11. The highest BCUT2D eigenvalue weighted by Crippen LogP contribution is 2.41. The van der Waals surface area contributed by atoms with Gasteiger partial charge in [0, 0.05) is 44.8 Å². The van der Waals surface area contributed by atoms with Crippen LogP contribution in [0.25, 0.3) is 10.9 Å². The van der Waals surface area contributed by atoms with E-state index in [-0.39, 0.29) is 45.4 Å². The molecule has 0 radical (unpaired) electrons. The average Bonchev–Trinajstić information content (AvgIpc) is 3.77. The van der Waals surface area contributed by atoms with Gasteiger partial charge in [0.1, 0.15) is 45.6 Å². The number of carbonyl (C=O) groups excluding carboxylic acids is 4. The van der Waals surface area contributed by atoms with Crippen LogP contribution in [0.4, 0.5) is 5.13 Å². The Bertz CT molecular complexity index is 2020. The van der Waals surface area contributed by atoms with Crippen LogP contribution >= 0.6 is 46.0 Å². The Morgan fingerprint density at radius 3 is 2.85 bits per heavy atom. The molecule has 1 fully saturated rings. The Labute approximate surface area is 283 Å². The van der Waals surface area contributed by atoms with E-state index >= 15 is 0 Å². The number of thiophene rings is 1. The minimum Gasteiger partial charge on any atom is -0.398 e. The highest BCUT2D eigenvalue weighted by Gasteiger charge is 2.55. The molecule has 1 saturated heterocycles. The van der Waals surface area contributed by atoms with Crippen molar-refractivity contribution in [1.29, 1.82) is 5.41 Å². The zero-order valence-electron chi connectivity index (χ0n) is 24.3. The number of nitrogens with two attached hydrogens (primary N) is 2. The van der Waals surface area contributed by atoms with Gasteiger partial charge in [-0.3, -0.25) is 24.7 Å². The van der Waals surface area contributed by atoms with Crippen LogP contribution in [0, 0.1) is 5.41 Å². The minimum absolute atomic E-state index is 0.00205. The number of carbonyl (C=O) groups is 4. The van der Waals surface area contributed by atoms with E-state index in [0.29, 0.717) is 23.4 Å². The number of thiazole rings is 1. The fourth-order valence-electron chi connectivity index (χ4n) is 5.25. The molecule has 2 aliphatic heterocycles. The van der Waals surface area contributed by atoms with E-state index in [1.54, 1.807) is 0 Å². The van der Waals surface area contributed by atoms with Gasteiger partial charge in [-0.15, -0.1) is 23.1 Å². The lowest BCUT2D eigenvalue weighted by atomic mass is 10.0. The van der Waals surface area contributed by atoms with Crippen LogP contribution in [0.1, 0.15) is 16.1 Å². The average molecular weight is 715 g/mol. The molecule has 0 unspecified atom stereocenters. The molecule has 4 aromatic heterocycles. The Morgan fingerprint density at radius 2 is 2.17 bits per heavy atom. The van der Waals surface area contributed by atoms with Crippen molar-refractivity contribution in [2.45, 2.75) is 24.5 Å². The number of hydrogen-bond donors (Lipinski definition) is 4. The first-order chi connectivity index (χ1) is 22.6. The van der Waals surface area contributed by atoms with Gasteiger partial charge in [0.05, 0.1) is 6.54 Å². The molecule has 4 aromatic rings. The summed E-state index contributed by atoms with van der Waals surface area (Å²) in [7, 11) is 1.24. The molecule has 15 nitrogen and oxygen atoms in total. The second-order valence-electron chi connectivity index (χ2n) is 10.2. The van der Waals surface area contributed by atoms with Crippen molar-refractivity contribution in [3.8, 4) is 0 Å². The van der Waals surface area contributed by atoms with Gasteiger partial charge >= 0.3 is 12.4 Å². The number of amides is 2. The van der Waals surface area contributed by atoms with Crippen molar-refractivity contribution in [2.75, 3.05) is 18.6 Å². The number of pyridine rings is 1. The molecule has 0 bridgehead atoms. The summed E-state index contributed by atoms with van der Waals surface area (Å²) < 4.78 is 8.75. The van der Waals surface area contributed by atoms with Crippen LogP contribution in [0.5, 0.6) is 0 Å². The van der Waals surface area contributed by atoms with E-state index in [4.69, 9.17) is 38.1 Å². The number of amidine groups is 1. The summed E-state index contributed by atoms with van der Waals surface area (Å²) in [5.74, 6) is -2.03. The van der Waals surface area contributed by atoms with Crippen LogP contribution in [-0.4, -0.2) is 74.5 Å². The lowest BCUT2D eigenvalue weighted by Crippen LogP contribution is -2.71. The number of ether oxygens (including phenoxy) is 1. The van der Waals surface area contributed by atoms with E-state index in [1.165, 1.54) is 35.1 Å². The number of esters is 1. The molecule has 242 valence electrons. The van der Waals surface area contributed by atoms with Crippen LogP contribution in [0.2, 0.25) is 4.34 Å². The number of nitrogen functional groups attached to an aromatic ring is 2. The lowest BCUT2D eigenvalue weighted by molar-refractivity contribution is -0.687. The third-order valence-electron chi connectivity index (χ3n) is 7.34. The number of thioether (sulfide) groups is 1. The molecule has 19 heteroatoms. The summed E-state index contributed by atoms with van der Waals surface area (Å²) >= 11 is 9.97. The van der Waals surface area contributed by atoms with Crippen molar-refractivity contribution in [2.24, 2.45) is 10.9 Å². The molecule has 0 aliphatic carbocycles. The number of hydrogen-bond acceptors (Lipinski definition) is 13. The summed E-state index contributed by atoms with van der Waals surface area (Å²) in [5.41, 5.74) is 13.1. The topological polar surface area (TPSA) is 212 Å². The van der Waals surface area contributed by atoms with E-state index in [9.17, 15) is 19.2 Å². The third-order valence-corrected chi connectivity index (χ3v) is 10.7. The molecule has 47 heavy (non-hydrogen) atoms. The molecular weight excluding hydrogens is 690 g/mol. The quantitative estimate of drug-likeness (QED) is 0.0256. The number of β-lactam (4-membered cyclic amide) rings is 1. The third kappa shape index (κ3) is 6.19. The minimum atomic E-state index is -1.03. The summed E-state index contributed by atoms with van der Waals surface area (Å²) in [6.45, 7) is 0.794. The molecule has 2 amide bonds. The van der Waals surface area contributed by atoms with Crippen molar-refractivity contribution in [1.82, 2.24) is 19.8 Å². The number of fused-ring (bicyclic) bond motifs is 2. The number of halogens is 1. The molecule has 2 aliphatic rings. The monoisotopic (exact) mass is 714 g/mol. The van der Waals surface area contributed by atoms with Gasteiger partial charge in [0.15, 0.2) is 29.8 Å². The van der Waals surface area contributed by atoms with Gasteiger partial charge in [-0.05, 0) is 12.1 Å². The van der Waals surface area contributed by atoms with Crippen molar-refractivity contribution in [3.05, 3.63) is 73.9 Å². The van der Waals surface area contributed by atoms with Crippen LogP contribution in [-0.2, 0) is 41.8 Å². The molecule has 0 aromatic carbocycles. The van der Waals surface area contributed by atoms with Gasteiger partial charge in [0.25, 0.3) is 11.8 Å². The molecule has 6 rings (SSSR count). The van der Waals surface area contributed by atoms with Crippen molar-refractivity contribution in [3.63, 3.8) is 0 Å². The number of oxime groups is 1. The number of anilines is 1. The Hall–Kier alpha value is -4.78. The molecule has 6 heterocycles. The predicted octanol–water partition coefficient (Wildman–Crippen LogP) is 1.42. The maximum Gasteiger partial charge on any atom is 0.362 e. The van der Waals surface area contributed by atoms with E-state index in [0.717, 1.165) is 27.1 Å². The maximum absolute atomic E-state index is 13.4. The summed E-state index contributed by atoms with van der Waals surface area (Å²) in [4.78, 5) is 61.9. The summed E-state index contributed by atoms with van der Waals surface area (Å²) in [6.07, 6.45) is 5.74. The van der Waals surface area contributed by atoms with Crippen LogP contribution < -0.4 is 21.4 Å². The highest BCUT2D eigenvalue weighted by atomic mass is 35.5. The zero-order valence-corrected chi connectivity index (χ0v) is 27.5. The molecule has 6 N–H and O–H groups in total. The Kier molecular flexibility index (Phi) is 9.00. The number of nitrogens with zero attached hydrogens (tertiary/aromatic N) is 5. The highest BCUT2D eigenvalue weighted by molar-refractivity contribution is 8.00. The zero-order chi connectivity index (χ0) is 33.4. The predicted molar refractivity (Wildman–Crippen MR) is 176 cm³/mol. The number of nitrogens with one attached hydrogen (secondary N) is 2. The fraction of sp³-hybridized carbons (Fsp3) is 0.214. The van der Waals surface area contributed by atoms with E-state index in [1.807, 2.05) is 46.7 Å². The van der Waals surface area contributed by atoms with E-state index < -0.39 is 29.2 Å². The molecule has 2 atom stereocenters. The van der Waals surface area contributed by atoms with Gasteiger partial charge in [-0.25, -0.2) is 9.78 Å². The molecule has 0 spiro atoms. The first-order valence-electron chi connectivity index (χ1n) is 13.6. The maximum atomic E-state index is 13.4. The van der Waals surface area contributed by atoms with Crippen molar-refractivity contribution >= 4 is 97.9 Å². The normalized spacial score (nSPS) is 17.7. The van der Waals surface area contributed by atoms with Crippen LogP contribution in [0.15, 0.2) is 58.6 Å². The summed E-state index contributed by atoms with van der Waals surface area (Å²) in [5, 5.41) is 16.3.